The van der Waals surface area contributed by atoms with Gasteiger partial charge < -0.3 is 15.1 Å². The van der Waals surface area contributed by atoms with Crippen LogP contribution in [0.2, 0.25) is 0 Å². The maximum Gasteiger partial charge on any atom is 0.631 e. The molecule has 0 atom stereocenters. The van der Waals surface area contributed by atoms with Crippen LogP contribution in [0.25, 0.3) is 0 Å². The van der Waals surface area contributed by atoms with Crippen molar-refractivity contribution in [3.63, 3.8) is 0 Å². The molecule has 0 fully saturated rings. The molecule has 0 amide bonds. The first-order valence-corrected chi connectivity index (χ1v) is 4.36. The van der Waals surface area contributed by atoms with E-state index in [0.717, 1.165) is 12.8 Å². The Kier molecular flexibility index (Phi) is 7.84. The minimum atomic E-state index is -2.17. The summed E-state index contributed by atoms with van der Waals surface area (Å²) in [6.07, 6.45) is 4.14. The summed E-state index contributed by atoms with van der Waals surface area (Å²) in [5.41, 5.74) is 1.39. The molecule has 0 aliphatic rings. The highest BCUT2D eigenvalue weighted by Crippen LogP contribution is 2.01. The van der Waals surface area contributed by atoms with Gasteiger partial charge in [-0.25, -0.2) is 0 Å². The van der Waals surface area contributed by atoms with Crippen molar-refractivity contribution < 1.29 is 15.1 Å². The standard InChI is InChI=1S/C10H12.BH3O3/c1-2-3-7-10-8-5-4-6-9-10;2-1(3)4/h2,4-6,8-9H,1,3,7H2;2-4H. The molecule has 0 heterocycles. The zero-order valence-electron chi connectivity index (χ0n) is 8.00. The average molecular weight is 194 g/mol. The number of hydrogen-bond donors (Lipinski definition) is 3. The summed E-state index contributed by atoms with van der Waals surface area (Å²) in [7, 11) is -2.17. The second kappa shape index (κ2) is 8.50. The van der Waals surface area contributed by atoms with E-state index in [1.807, 2.05) is 12.1 Å². The first-order chi connectivity index (χ1) is 6.66. The molecule has 3 nitrogen and oxygen atoms in total. The molecule has 3 N–H and O–H groups in total. The molecule has 1 aromatic carbocycles. The Labute approximate surface area is 84.5 Å². The van der Waals surface area contributed by atoms with Gasteiger partial charge in [-0.15, -0.1) is 6.58 Å². The lowest BCUT2D eigenvalue weighted by Crippen LogP contribution is -2.07. The third kappa shape index (κ3) is 9.00. The van der Waals surface area contributed by atoms with E-state index in [1.54, 1.807) is 0 Å². The van der Waals surface area contributed by atoms with Crippen LogP contribution in [-0.2, 0) is 6.42 Å². The molecule has 0 unspecified atom stereocenters. The number of hydrogen-bond acceptors (Lipinski definition) is 3. The Morgan fingerprint density at radius 2 is 1.64 bits per heavy atom. The summed E-state index contributed by atoms with van der Waals surface area (Å²) in [4.78, 5) is 0. The molecule has 14 heavy (non-hydrogen) atoms. The normalized spacial score (nSPS) is 8.50. The molecule has 4 heteroatoms. The molecule has 0 radical (unpaired) electrons. The Morgan fingerprint density at radius 1 is 1.14 bits per heavy atom. The van der Waals surface area contributed by atoms with Crippen LogP contribution < -0.4 is 0 Å². The number of allylic oxidation sites excluding steroid dienone is 1. The summed E-state index contributed by atoms with van der Waals surface area (Å²) in [5, 5.41) is 21.5. The Balaban J connectivity index is 0.000000364. The lowest BCUT2D eigenvalue weighted by atomic mass is 10.1. The summed E-state index contributed by atoms with van der Waals surface area (Å²) in [6, 6.07) is 10.5. The molecule has 1 aromatic rings. The second-order valence-corrected chi connectivity index (χ2v) is 2.66. The minimum Gasteiger partial charge on any atom is -0.402 e. The van der Waals surface area contributed by atoms with Gasteiger partial charge >= 0.3 is 7.32 Å². The van der Waals surface area contributed by atoms with Crippen LogP contribution in [0, 0.1) is 0 Å². The highest BCUT2D eigenvalue weighted by Gasteiger charge is 1.92. The van der Waals surface area contributed by atoms with Crippen molar-refractivity contribution in [2.24, 2.45) is 0 Å². The van der Waals surface area contributed by atoms with Gasteiger partial charge in [-0.3, -0.25) is 0 Å². The highest BCUT2D eigenvalue weighted by atomic mass is 16.5. The van der Waals surface area contributed by atoms with Gasteiger partial charge in [-0.2, -0.15) is 0 Å². The summed E-state index contributed by atoms with van der Waals surface area (Å²) in [6.45, 7) is 3.68. The zero-order chi connectivity index (χ0) is 10.8. The van der Waals surface area contributed by atoms with Crippen LogP contribution in [0.3, 0.4) is 0 Å². The van der Waals surface area contributed by atoms with E-state index in [1.165, 1.54) is 5.56 Å². The molecular weight excluding hydrogens is 179 g/mol. The Hall–Kier alpha value is -1.10. The highest BCUT2D eigenvalue weighted by molar-refractivity contribution is 6.30. The smallest absolute Gasteiger partial charge is 0.402 e. The van der Waals surface area contributed by atoms with Crippen molar-refractivity contribution >= 4 is 7.32 Å². The van der Waals surface area contributed by atoms with Gasteiger partial charge in [0.15, 0.2) is 0 Å². The monoisotopic (exact) mass is 194 g/mol. The van der Waals surface area contributed by atoms with Gasteiger partial charge in [0.1, 0.15) is 0 Å². The fraction of sp³-hybridized carbons (Fsp3) is 0.200. The van der Waals surface area contributed by atoms with E-state index in [9.17, 15) is 0 Å². The molecule has 0 saturated carbocycles. The largest absolute Gasteiger partial charge is 0.631 e. The molecule has 0 aromatic heterocycles. The molecule has 0 bridgehead atoms. The topological polar surface area (TPSA) is 60.7 Å². The van der Waals surface area contributed by atoms with Crippen LogP contribution in [-0.4, -0.2) is 22.4 Å². The van der Waals surface area contributed by atoms with Crippen molar-refractivity contribution in [2.45, 2.75) is 12.8 Å². The predicted molar refractivity (Wildman–Crippen MR) is 57.4 cm³/mol. The van der Waals surface area contributed by atoms with Crippen molar-refractivity contribution in [1.82, 2.24) is 0 Å². The van der Waals surface area contributed by atoms with Crippen LogP contribution in [0.1, 0.15) is 12.0 Å². The molecule has 0 aliphatic carbocycles. The van der Waals surface area contributed by atoms with E-state index >= 15 is 0 Å². The lowest BCUT2D eigenvalue weighted by molar-refractivity contribution is 0.278. The summed E-state index contributed by atoms with van der Waals surface area (Å²) in [5.74, 6) is 0. The van der Waals surface area contributed by atoms with E-state index in [4.69, 9.17) is 15.1 Å². The second-order valence-electron chi connectivity index (χ2n) is 2.66. The molecule has 0 spiro atoms. The van der Waals surface area contributed by atoms with Crippen LogP contribution in [0.15, 0.2) is 43.0 Å². The van der Waals surface area contributed by atoms with Gasteiger partial charge in [-0.1, -0.05) is 36.4 Å². The quantitative estimate of drug-likeness (QED) is 0.491. The van der Waals surface area contributed by atoms with E-state index in [0.29, 0.717) is 0 Å². The maximum atomic E-state index is 7.17. The zero-order valence-corrected chi connectivity index (χ0v) is 8.00. The predicted octanol–water partition coefficient (Wildman–Crippen LogP) is 0.753. The molecular formula is C10H15BO3. The lowest BCUT2D eigenvalue weighted by Gasteiger charge is -1.94. The average Bonchev–Trinajstić information content (AvgIpc) is 2.15. The van der Waals surface area contributed by atoms with Gasteiger partial charge in [0.05, 0.1) is 0 Å². The van der Waals surface area contributed by atoms with Crippen molar-refractivity contribution in [3.05, 3.63) is 48.6 Å². The SMILES string of the molecule is C=CCCc1ccccc1.OB(O)O. The van der Waals surface area contributed by atoms with E-state index in [-0.39, 0.29) is 0 Å². The van der Waals surface area contributed by atoms with Crippen LogP contribution in [0.5, 0.6) is 0 Å². The van der Waals surface area contributed by atoms with Gasteiger partial charge in [0.2, 0.25) is 0 Å². The fourth-order valence-electron chi connectivity index (χ4n) is 0.913. The van der Waals surface area contributed by atoms with E-state index < -0.39 is 7.32 Å². The summed E-state index contributed by atoms with van der Waals surface area (Å²) >= 11 is 0. The van der Waals surface area contributed by atoms with Gasteiger partial charge in [0.25, 0.3) is 0 Å². The number of aryl methyl sites for hydroxylation is 1. The Bertz CT molecular complexity index is 234. The van der Waals surface area contributed by atoms with Crippen molar-refractivity contribution in [2.75, 3.05) is 0 Å². The molecule has 76 valence electrons. The third-order valence-corrected chi connectivity index (χ3v) is 1.48. The number of benzene rings is 1. The first-order valence-electron chi connectivity index (χ1n) is 4.36. The molecule has 1 rings (SSSR count). The third-order valence-electron chi connectivity index (χ3n) is 1.48. The van der Waals surface area contributed by atoms with Crippen LogP contribution >= 0.6 is 0 Å². The maximum absolute atomic E-state index is 7.17. The van der Waals surface area contributed by atoms with Gasteiger partial charge in [0, 0.05) is 0 Å². The fourth-order valence-corrected chi connectivity index (χ4v) is 0.913. The van der Waals surface area contributed by atoms with E-state index in [2.05, 4.69) is 30.8 Å². The van der Waals surface area contributed by atoms with Crippen LogP contribution in [0.4, 0.5) is 0 Å². The Morgan fingerprint density at radius 3 is 2.07 bits per heavy atom. The number of rotatable bonds is 3. The molecule has 0 aliphatic heterocycles. The first kappa shape index (κ1) is 12.9. The van der Waals surface area contributed by atoms with Crippen molar-refractivity contribution in [3.8, 4) is 0 Å². The van der Waals surface area contributed by atoms with Gasteiger partial charge in [-0.05, 0) is 18.4 Å². The van der Waals surface area contributed by atoms with Crippen molar-refractivity contribution in [1.29, 1.82) is 0 Å². The molecule has 0 saturated heterocycles. The minimum absolute atomic E-state index is 1.07. The summed E-state index contributed by atoms with van der Waals surface area (Å²) < 4.78 is 0.